The summed E-state index contributed by atoms with van der Waals surface area (Å²) in [4.78, 5) is 5.04. The van der Waals surface area contributed by atoms with Crippen molar-refractivity contribution in [3.05, 3.63) is 234 Å². The van der Waals surface area contributed by atoms with E-state index < -0.39 is 5.41 Å². The molecule has 49 heavy (non-hydrogen) atoms. The highest BCUT2D eigenvalue weighted by molar-refractivity contribution is 6.10. The maximum Gasteiger partial charge on any atom is 0.0783 e. The van der Waals surface area contributed by atoms with E-state index in [0.717, 1.165) is 51.6 Å². The van der Waals surface area contributed by atoms with Crippen molar-refractivity contribution in [2.24, 2.45) is 0 Å². The molecular weight excluding hydrogens is 591 g/mol. The average Bonchev–Trinajstić information content (AvgIpc) is 3.22. The summed E-state index contributed by atoms with van der Waals surface area (Å²) >= 11 is 0. The van der Waals surface area contributed by atoms with E-state index in [0.29, 0.717) is 0 Å². The fourth-order valence-corrected chi connectivity index (χ4v) is 7.88. The molecule has 0 radical (unpaired) electrons. The quantitative estimate of drug-likeness (QED) is 0.178. The molecule has 0 fully saturated rings. The van der Waals surface area contributed by atoms with Gasteiger partial charge < -0.3 is 0 Å². The SMILES string of the molecule is C=C1/C=C\C=C/C/C=C(C2=C\C(=C)C(c3ccccc3)(c3ccccc3)c3c(c4ccccc4c4ncccc34)C/C=C\2)\c2ccccc21. The highest BCUT2D eigenvalue weighted by atomic mass is 14.7. The molecular formula is C48H37N. The van der Waals surface area contributed by atoms with Crippen LogP contribution in [0.5, 0.6) is 0 Å². The molecule has 0 unspecified atom stereocenters. The van der Waals surface area contributed by atoms with Crippen LogP contribution >= 0.6 is 0 Å². The summed E-state index contributed by atoms with van der Waals surface area (Å²) in [5.74, 6) is 0. The smallest absolute Gasteiger partial charge is 0.0783 e. The Balaban J connectivity index is 1.51. The fraction of sp³-hybridized carbons (Fsp3) is 0.0625. The van der Waals surface area contributed by atoms with Crippen molar-refractivity contribution in [2.75, 3.05) is 0 Å². The molecule has 0 atom stereocenters. The monoisotopic (exact) mass is 627 g/mol. The van der Waals surface area contributed by atoms with Gasteiger partial charge in [0.1, 0.15) is 0 Å². The van der Waals surface area contributed by atoms with Crippen LogP contribution in [0, 0.1) is 0 Å². The van der Waals surface area contributed by atoms with Gasteiger partial charge in [-0.3, -0.25) is 4.98 Å². The van der Waals surface area contributed by atoms with Gasteiger partial charge in [-0.15, -0.1) is 0 Å². The molecule has 0 spiro atoms. The van der Waals surface area contributed by atoms with E-state index in [1.165, 1.54) is 38.6 Å². The van der Waals surface area contributed by atoms with Gasteiger partial charge in [0.2, 0.25) is 0 Å². The lowest BCUT2D eigenvalue weighted by Crippen LogP contribution is -2.33. The Kier molecular flexibility index (Phi) is 7.95. The van der Waals surface area contributed by atoms with Crippen LogP contribution in [-0.2, 0) is 11.8 Å². The minimum atomic E-state index is -0.720. The molecule has 0 saturated heterocycles. The van der Waals surface area contributed by atoms with Crippen molar-refractivity contribution >= 4 is 32.8 Å². The first-order valence-corrected chi connectivity index (χ1v) is 17.0. The number of hydrogen-bond donors (Lipinski definition) is 0. The lowest BCUT2D eigenvalue weighted by atomic mass is 9.62. The minimum Gasteiger partial charge on any atom is -0.256 e. The first kappa shape index (κ1) is 30.3. The summed E-state index contributed by atoms with van der Waals surface area (Å²) in [6.45, 7) is 9.49. The zero-order valence-corrected chi connectivity index (χ0v) is 27.5. The van der Waals surface area contributed by atoms with Gasteiger partial charge in [-0.2, -0.15) is 0 Å². The molecule has 0 saturated carbocycles. The first-order valence-electron chi connectivity index (χ1n) is 17.0. The van der Waals surface area contributed by atoms with Crippen molar-refractivity contribution in [2.45, 2.75) is 18.3 Å². The number of aromatic nitrogens is 1. The highest BCUT2D eigenvalue weighted by Crippen LogP contribution is 2.52. The van der Waals surface area contributed by atoms with Crippen LogP contribution in [0.4, 0.5) is 0 Å². The molecule has 5 aromatic carbocycles. The second kappa shape index (κ2) is 12.9. The third kappa shape index (κ3) is 5.16. The Morgan fingerprint density at radius 1 is 0.592 bits per heavy atom. The Morgan fingerprint density at radius 2 is 1.24 bits per heavy atom. The van der Waals surface area contributed by atoms with Crippen molar-refractivity contribution < 1.29 is 0 Å². The van der Waals surface area contributed by atoms with E-state index in [1.807, 2.05) is 6.20 Å². The van der Waals surface area contributed by atoms with E-state index in [9.17, 15) is 0 Å². The Labute approximate surface area is 289 Å². The molecule has 8 rings (SSSR count). The molecule has 6 aromatic rings. The van der Waals surface area contributed by atoms with Crippen molar-refractivity contribution in [3.8, 4) is 0 Å². The largest absolute Gasteiger partial charge is 0.256 e. The number of nitrogens with zero attached hydrogens (tertiary/aromatic N) is 1. The molecule has 1 nitrogen and oxygen atoms in total. The van der Waals surface area contributed by atoms with E-state index >= 15 is 0 Å². The number of rotatable bonds is 3. The molecule has 1 aromatic heterocycles. The predicted molar refractivity (Wildman–Crippen MR) is 208 cm³/mol. The van der Waals surface area contributed by atoms with Crippen LogP contribution < -0.4 is 0 Å². The third-order valence-corrected chi connectivity index (χ3v) is 9.98. The molecule has 0 aliphatic heterocycles. The van der Waals surface area contributed by atoms with Crippen LogP contribution in [0.15, 0.2) is 200 Å². The second-order valence-corrected chi connectivity index (χ2v) is 12.7. The third-order valence-electron chi connectivity index (χ3n) is 9.98. The summed E-state index contributed by atoms with van der Waals surface area (Å²) < 4.78 is 0. The Hall–Kier alpha value is -6.05. The number of allylic oxidation sites excluding steroid dienone is 12. The van der Waals surface area contributed by atoms with E-state index in [1.54, 1.807) is 0 Å². The number of pyridine rings is 1. The van der Waals surface area contributed by atoms with Crippen LogP contribution in [0.25, 0.3) is 32.8 Å². The van der Waals surface area contributed by atoms with Gasteiger partial charge in [0.05, 0.1) is 10.9 Å². The molecule has 2 aliphatic carbocycles. The molecule has 2 aliphatic rings. The van der Waals surface area contributed by atoms with Gasteiger partial charge >= 0.3 is 0 Å². The first-order chi connectivity index (χ1) is 24.2. The lowest BCUT2D eigenvalue weighted by Gasteiger charge is -2.40. The summed E-state index contributed by atoms with van der Waals surface area (Å²) in [6.07, 6.45) is 21.3. The van der Waals surface area contributed by atoms with Gasteiger partial charge in [0, 0.05) is 17.0 Å². The summed E-state index contributed by atoms with van der Waals surface area (Å²) in [5, 5.41) is 3.53. The maximum atomic E-state index is 5.04. The average molecular weight is 628 g/mol. The number of hydrogen-bond acceptors (Lipinski definition) is 1. The van der Waals surface area contributed by atoms with E-state index in [-0.39, 0.29) is 0 Å². The van der Waals surface area contributed by atoms with Crippen LogP contribution in [0.3, 0.4) is 0 Å². The summed E-state index contributed by atoms with van der Waals surface area (Å²) in [5.41, 5.74) is 11.7. The summed E-state index contributed by atoms with van der Waals surface area (Å²) in [6, 6.07) is 43.5. The van der Waals surface area contributed by atoms with Crippen LogP contribution in [0.1, 0.15) is 39.8 Å². The molecule has 1 heterocycles. The van der Waals surface area contributed by atoms with Crippen LogP contribution in [0.2, 0.25) is 0 Å². The fourth-order valence-electron chi connectivity index (χ4n) is 7.88. The molecule has 0 amide bonds. The van der Waals surface area contributed by atoms with Gasteiger partial charge in [-0.25, -0.2) is 0 Å². The normalized spacial score (nSPS) is 19.9. The van der Waals surface area contributed by atoms with Crippen molar-refractivity contribution in [3.63, 3.8) is 0 Å². The van der Waals surface area contributed by atoms with E-state index in [2.05, 4.69) is 177 Å². The Bertz CT molecular complexity index is 2360. The zero-order chi connectivity index (χ0) is 33.2. The van der Waals surface area contributed by atoms with Gasteiger partial charge in [-0.05, 0) is 80.0 Å². The predicted octanol–water partition coefficient (Wildman–Crippen LogP) is 11.9. The molecule has 0 bridgehead atoms. The number of benzene rings is 5. The lowest BCUT2D eigenvalue weighted by molar-refractivity contribution is 0.746. The second-order valence-electron chi connectivity index (χ2n) is 12.7. The Morgan fingerprint density at radius 3 is 2.00 bits per heavy atom. The van der Waals surface area contributed by atoms with Crippen molar-refractivity contribution in [1.29, 1.82) is 0 Å². The highest BCUT2D eigenvalue weighted by Gasteiger charge is 2.42. The maximum absolute atomic E-state index is 5.04. The minimum absolute atomic E-state index is 0.720. The van der Waals surface area contributed by atoms with Crippen LogP contribution in [-0.4, -0.2) is 4.98 Å². The molecule has 0 N–H and O–H groups in total. The standard InChI is InChI=1S/C48H37N/c1-34-19-7-3-4-12-26-40(41-27-14-13-25-39(34)41)36-20-17-30-43-42-28-15-16-29-44(42)47-45(31-18-32-49-47)46(43)48(35(2)33-36,37-21-8-5-9-22-37)38-23-10-6-11-24-38/h3-11,13-29,31-33H,1-2,12,30H2/b4-3-,19-7-,20-17-,36-33-,40-26-. The zero-order valence-electron chi connectivity index (χ0n) is 27.5. The number of fused-ring (bicyclic) bond motifs is 7. The molecule has 234 valence electrons. The van der Waals surface area contributed by atoms with Crippen molar-refractivity contribution in [1.82, 2.24) is 4.98 Å². The van der Waals surface area contributed by atoms with Gasteiger partial charge in [0.25, 0.3) is 0 Å². The molecule has 1 heteroatoms. The van der Waals surface area contributed by atoms with E-state index in [4.69, 9.17) is 11.6 Å². The topological polar surface area (TPSA) is 12.9 Å². The van der Waals surface area contributed by atoms with Gasteiger partial charge in [0.15, 0.2) is 0 Å². The van der Waals surface area contributed by atoms with Gasteiger partial charge in [-0.1, -0.05) is 177 Å². The summed E-state index contributed by atoms with van der Waals surface area (Å²) in [7, 11) is 0.